The molecule has 0 aliphatic carbocycles. The first-order valence-corrected chi connectivity index (χ1v) is 10.5. The second-order valence-electron chi connectivity index (χ2n) is 6.79. The molecule has 0 spiro atoms. The third-order valence-electron chi connectivity index (χ3n) is 4.77. The van der Waals surface area contributed by atoms with Crippen LogP contribution in [0.5, 0.6) is 0 Å². The fourth-order valence-corrected chi connectivity index (χ4v) is 3.47. The Balaban J connectivity index is 1.61. The van der Waals surface area contributed by atoms with Gasteiger partial charge in [-0.05, 0) is 43.5 Å². The zero-order valence-electron chi connectivity index (χ0n) is 16.3. The third kappa shape index (κ3) is 7.79. The van der Waals surface area contributed by atoms with Crippen LogP contribution in [0, 0.1) is 0 Å². The van der Waals surface area contributed by atoms with E-state index in [0.717, 1.165) is 62.2 Å². The predicted octanol–water partition coefficient (Wildman–Crippen LogP) is 3.32. The molecule has 0 radical (unpaired) electrons. The number of carbonyl (C=O) groups excluding carboxylic acids is 1. The highest BCUT2D eigenvalue weighted by Crippen LogP contribution is 2.22. The molecule has 27 heavy (non-hydrogen) atoms. The highest BCUT2D eigenvalue weighted by atomic mass is 79.9. The summed E-state index contributed by atoms with van der Waals surface area (Å²) in [4.78, 5) is 17.8. The molecule has 1 aliphatic heterocycles. The molecule has 150 valence electrons. The zero-order valence-corrected chi connectivity index (χ0v) is 17.9. The Morgan fingerprint density at radius 2 is 2.00 bits per heavy atom. The fourth-order valence-electron chi connectivity index (χ4n) is 3.21. The number of rotatable bonds is 9. The van der Waals surface area contributed by atoms with Crippen LogP contribution in [0.4, 0.5) is 5.69 Å². The second-order valence-corrected chi connectivity index (χ2v) is 7.71. The minimum absolute atomic E-state index is 0.119. The lowest BCUT2D eigenvalue weighted by atomic mass is 10.1. The largest absolute Gasteiger partial charge is 0.469 e. The van der Waals surface area contributed by atoms with Crippen molar-refractivity contribution in [2.45, 2.75) is 44.6 Å². The second kappa shape index (κ2) is 11.8. The molecule has 1 unspecified atom stereocenters. The Morgan fingerprint density at radius 3 is 2.70 bits per heavy atom. The van der Waals surface area contributed by atoms with E-state index in [2.05, 4.69) is 65.5 Å². The smallest absolute Gasteiger partial charge is 0.305 e. The van der Waals surface area contributed by atoms with Gasteiger partial charge in [0, 0.05) is 49.3 Å². The van der Waals surface area contributed by atoms with Gasteiger partial charge in [-0.2, -0.15) is 0 Å². The summed E-state index contributed by atoms with van der Waals surface area (Å²) in [5, 5.41) is 6.92. The molecule has 2 rings (SSSR count). The number of nitrogens with zero attached hydrogens (tertiary/aromatic N) is 2. The van der Waals surface area contributed by atoms with Gasteiger partial charge in [-0.1, -0.05) is 28.8 Å². The number of hydrogen-bond donors (Lipinski definition) is 2. The van der Waals surface area contributed by atoms with E-state index >= 15 is 0 Å². The van der Waals surface area contributed by atoms with Gasteiger partial charge in [0.15, 0.2) is 5.96 Å². The fraction of sp³-hybridized carbons (Fsp3) is 0.600. The Bertz CT molecular complexity index is 607. The lowest BCUT2D eigenvalue weighted by Crippen LogP contribution is -2.44. The first-order valence-electron chi connectivity index (χ1n) is 9.67. The molecule has 1 aromatic carbocycles. The van der Waals surface area contributed by atoms with Crippen molar-refractivity contribution in [2.75, 3.05) is 38.7 Å². The molecule has 1 atom stereocenters. The maximum absolute atomic E-state index is 11.1. The lowest BCUT2D eigenvalue weighted by Gasteiger charge is -2.20. The first-order chi connectivity index (χ1) is 13.1. The van der Waals surface area contributed by atoms with Gasteiger partial charge in [0.1, 0.15) is 0 Å². The van der Waals surface area contributed by atoms with Gasteiger partial charge in [0.05, 0.1) is 7.11 Å². The minimum Gasteiger partial charge on any atom is -0.469 e. The molecule has 0 bridgehead atoms. The lowest BCUT2D eigenvalue weighted by molar-refractivity contribution is -0.140. The van der Waals surface area contributed by atoms with Gasteiger partial charge in [-0.25, -0.2) is 0 Å². The normalized spacial score (nSPS) is 17.1. The van der Waals surface area contributed by atoms with E-state index in [9.17, 15) is 4.79 Å². The summed E-state index contributed by atoms with van der Waals surface area (Å²) >= 11 is 3.49. The molecule has 1 fully saturated rings. The average molecular weight is 439 g/mol. The number of unbranched alkanes of at least 4 members (excludes halogenated alkanes) is 3. The molecule has 2 N–H and O–H groups in total. The number of halogens is 1. The van der Waals surface area contributed by atoms with Crippen molar-refractivity contribution < 1.29 is 9.53 Å². The van der Waals surface area contributed by atoms with Crippen LogP contribution in [-0.4, -0.2) is 51.8 Å². The molecule has 7 heteroatoms. The van der Waals surface area contributed by atoms with Crippen LogP contribution in [0.25, 0.3) is 0 Å². The Kier molecular flexibility index (Phi) is 9.45. The zero-order chi connectivity index (χ0) is 19.5. The molecule has 1 heterocycles. The van der Waals surface area contributed by atoms with Crippen LogP contribution < -0.4 is 15.5 Å². The number of guanidine groups is 1. The van der Waals surface area contributed by atoms with E-state index in [1.54, 1.807) is 0 Å². The molecule has 1 aromatic rings. The Morgan fingerprint density at radius 1 is 1.26 bits per heavy atom. The van der Waals surface area contributed by atoms with Crippen LogP contribution >= 0.6 is 15.9 Å². The van der Waals surface area contributed by atoms with Crippen molar-refractivity contribution in [2.24, 2.45) is 4.99 Å². The van der Waals surface area contributed by atoms with E-state index in [1.165, 1.54) is 12.8 Å². The Labute approximate surface area is 170 Å². The molecule has 6 nitrogen and oxygen atoms in total. The molecule has 1 aliphatic rings. The van der Waals surface area contributed by atoms with Gasteiger partial charge in [-0.3, -0.25) is 9.79 Å². The number of ether oxygens (including phenoxy) is 1. The van der Waals surface area contributed by atoms with Crippen LogP contribution in [0.15, 0.2) is 33.7 Å². The van der Waals surface area contributed by atoms with E-state index < -0.39 is 0 Å². The Hall–Kier alpha value is -1.76. The number of nitrogens with one attached hydrogen (secondary N) is 2. The number of hydrogen-bond acceptors (Lipinski definition) is 4. The summed E-state index contributed by atoms with van der Waals surface area (Å²) in [7, 11) is 3.25. The molecule has 0 aromatic heterocycles. The van der Waals surface area contributed by atoms with Gasteiger partial charge >= 0.3 is 5.97 Å². The standard InChI is InChI=1S/C20H31BrN4O2/c1-22-20(23-13-6-4-3-5-7-19(26)27-2)24-17-12-14-25(15-17)18-10-8-16(21)9-11-18/h8-11,17H,3-7,12-15H2,1-2H3,(H2,22,23,24). The first kappa shape index (κ1) is 21.5. The molecule has 0 amide bonds. The predicted molar refractivity (Wildman–Crippen MR) is 114 cm³/mol. The van der Waals surface area contributed by atoms with Crippen molar-refractivity contribution in [3.63, 3.8) is 0 Å². The van der Waals surface area contributed by atoms with Crippen molar-refractivity contribution in [3.8, 4) is 0 Å². The van der Waals surface area contributed by atoms with Crippen molar-refractivity contribution in [1.82, 2.24) is 10.6 Å². The summed E-state index contributed by atoms with van der Waals surface area (Å²) in [6, 6.07) is 8.88. The van der Waals surface area contributed by atoms with Gasteiger partial charge in [0.25, 0.3) is 0 Å². The van der Waals surface area contributed by atoms with Crippen LogP contribution in [0.2, 0.25) is 0 Å². The van der Waals surface area contributed by atoms with E-state index in [1.807, 2.05) is 7.05 Å². The van der Waals surface area contributed by atoms with E-state index in [4.69, 9.17) is 0 Å². The molecular weight excluding hydrogens is 408 g/mol. The number of methoxy groups -OCH3 is 1. The maximum Gasteiger partial charge on any atom is 0.305 e. The number of benzene rings is 1. The molecular formula is C20H31BrN4O2. The van der Waals surface area contributed by atoms with Gasteiger partial charge in [0.2, 0.25) is 0 Å². The minimum atomic E-state index is -0.119. The number of anilines is 1. The van der Waals surface area contributed by atoms with Crippen molar-refractivity contribution in [3.05, 3.63) is 28.7 Å². The summed E-state index contributed by atoms with van der Waals surface area (Å²) in [5.74, 6) is 0.749. The number of carbonyl (C=O) groups is 1. The van der Waals surface area contributed by atoms with Gasteiger partial charge in [-0.15, -0.1) is 0 Å². The third-order valence-corrected chi connectivity index (χ3v) is 5.30. The van der Waals surface area contributed by atoms with Crippen molar-refractivity contribution >= 4 is 33.5 Å². The van der Waals surface area contributed by atoms with E-state index in [-0.39, 0.29) is 5.97 Å². The van der Waals surface area contributed by atoms with Gasteiger partial charge < -0.3 is 20.3 Å². The highest BCUT2D eigenvalue weighted by molar-refractivity contribution is 9.10. The number of aliphatic imine (C=N–C) groups is 1. The summed E-state index contributed by atoms with van der Waals surface area (Å²) < 4.78 is 5.75. The summed E-state index contributed by atoms with van der Waals surface area (Å²) in [6.07, 6.45) is 5.73. The molecule has 1 saturated heterocycles. The number of esters is 1. The molecule has 0 saturated carbocycles. The highest BCUT2D eigenvalue weighted by Gasteiger charge is 2.23. The average Bonchev–Trinajstić information content (AvgIpc) is 3.15. The van der Waals surface area contributed by atoms with Crippen LogP contribution in [-0.2, 0) is 9.53 Å². The van der Waals surface area contributed by atoms with Crippen LogP contribution in [0.1, 0.15) is 38.5 Å². The topological polar surface area (TPSA) is 66.0 Å². The van der Waals surface area contributed by atoms with Crippen molar-refractivity contribution in [1.29, 1.82) is 0 Å². The van der Waals surface area contributed by atoms with E-state index in [0.29, 0.717) is 12.5 Å². The quantitative estimate of drug-likeness (QED) is 0.268. The summed E-state index contributed by atoms with van der Waals surface area (Å²) in [5.41, 5.74) is 1.26. The monoisotopic (exact) mass is 438 g/mol. The SMILES string of the molecule is CN=C(NCCCCCCC(=O)OC)NC1CCN(c2ccc(Br)cc2)C1. The maximum atomic E-state index is 11.1. The summed E-state index contributed by atoms with van der Waals surface area (Å²) in [6.45, 7) is 2.92. The van der Waals surface area contributed by atoms with Crippen LogP contribution in [0.3, 0.4) is 0 Å².